The smallest absolute Gasteiger partial charge is 0.222 e. The number of aromatic nitrogens is 1. The summed E-state index contributed by atoms with van der Waals surface area (Å²) in [5, 5.41) is 2.99. The lowest BCUT2D eigenvalue weighted by Gasteiger charge is -2.14. The highest BCUT2D eigenvalue weighted by Crippen LogP contribution is 2.32. The van der Waals surface area contributed by atoms with Gasteiger partial charge in [0.25, 0.3) is 0 Å². The van der Waals surface area contributed by atoms with Crippen LogP contribution in [0.15, 0.2) is 29.6 Å². The topological polar surface area (TPSA) is 42.4 Å². The molecule has 4 nitrogen and oxygen atoms in total. The standard InChI is InChI=1S/C17H20N2O2S/c1-21-15-7-3-2-6-14(15)17-18-13(12-22-17)8-9-16(20)19-10-4-5-11-19/h2-3,6-7,12H,4-5,8-11H2,1H3. The van der Waals surface area contributed by atoms with Crippen LogP contribution in [0.4, 0.5) is 0 Å². The second kappa shape index (κ2) is 6.92. The first-order valence-electron chi connectivity index (χ1n) is 7.63. The molecule has 0 N–H and O–H groups in total. The van der Waals surface area contributed by atoms with E-state index in [2.05, 4.69) is 4.98 Å². The molecule has 0 radical (unpaired) electrons. The van der Waals surface area contributed by atoms with Gasteiger partial charge in [0, 0.05) is 24.9 Å². The van der Waals surface area contributed by atoms with Gasteiger partial charge in [-0.1, -0.05) is 12.1 Å². The highest BCUT2D eigenvalue weighted by atomic mass is 32.1. The van der Waals surface area contributed by atoms with E-state index in [0.29, 0.717) is 12.8 Å². The second-order valence-corrected chi connectivity index (χ2v) is 6.29. The number of hydrogen-bond donors (Lipinski definition) is 0. The summed E-state index contributed by atoms with van der Waals surface area (Å²) in [4.78, 5) is 18.7. The number of thiazole rings is 1. The molecule has 0 aliphatic carbocycles. The molecule has 1 aromatic carbocycles. The molecule has 1 fully saturated rings. The fraction of sp³-hybridized carbons (Fsp3) is 0.412. The number of aryl methyl sites for hydroxylation is 1. The Balaban J connectivity index is 1.65. The van der Waals surface area contributed by atoms with Crippen LogP contribution in [0.2, 0.25) is 0 Å². The van der Waals surface area contributed by atoms with Gasteiger partial charge in [0.05, 0.1) is 18.4 Å². The summed E-state index contributed by atoms with van der Waals surface area (Å²) in [6, 6.07) is 7.88. The molecule has 0 unspecified atom stereocenters. The molecule has 1 saturated heterocycles. The Bertz CT molecular complexity index is 648. The number of carbonyl (C=O) groups excluding carboxylic acids is 1. The van der Waals surface area contributed by atoms with Crippen molar-refractivity contribution in [1.82, 2.24) is 9.88 Å². The first-order valence-corrected chi connectivity index (χ1v) is 8.51. The fourth-order valence-corrected chi connectivity index (χ4v) is 3.61. The van der Waals surface area contributed by atoms with Crippen LogP contribution in [0.1, 0.15) is 25.0 Å². The van der Waals surface area contributed by atoms with E-state index in [-0.39, 0.29) is 5.91 Å². The average molecular weight is 316 g/mol. The predicted molar refractivity (Wildman–Crippen MR) is 88.2 cm³/mol. The zero-order chi connectivity index (χ0) is 15.4. The second-order valence-electron chi connectivity index (χ2n) is 5.43. The summed E-state index contributed by atoms with van der Waals surface area (Å²) >= 11 is 1.60. The van der Waals surface area contributed by atoms with E-state index in [9.17, 15) is 4.79 Å². The minimum absolute atomic E-state index is 0.254. The monoisotopic (exact) mass is 316 g/mol. The molecule has 1 aromatic heterocycles. The van der Waals surface area contributed by atoms with Gasteiger partial charge in [-0.3, -0.25) is 4.79 Å². The van der Waals surface area contributed by atoms with Crippen molar-refractivity contribution in [1.29, 1.82) is 0 Å². The largest absolute Gasteiger partial charge is 0.496 e. The van der Waals surface area contributed by atoms with E-state index in [4.69, 9.17) is 4.74 Å². The van der Waals surface area contributed by atoms with E-state index in [0.717, 1.165) is 47.9 Å². The van der Waals surface area contributed by atoms with Gasteiger partial charge in [0.1, 0.15) is 10.8 Å². The van der Waals surface area contributed by atoms with Crippen molar-refractivity contribution in [3.05, 3.63) is 35.3 Å². The maximum atomic E-state index is 12.1. The van der Waals surface area contributed by atoms with Crippen molar-refractivity contribution in [2.75, 3.05) is 20.2 Å². The van der Waals surface area contributed by atoms with Gasteiger partial charge in [-0.2, -0.15) is 0 Å². The number of likely N-dealkylation sites (tertiary alicyclic amines) is 1. The number of para-hydroxylation sites is 1. The van der Waals surface area contributed by atoms with Crippen LogP contribution in [0.5, 0.6) is 5.75 Å². The van der Waals surface area contributed by atoms with Crippen LogP contribution in [-0.4, -0.2) is 36.0 Å². The third-order valence-electron chi connectivity index (χ3n) is 3.94. The summed E-state index contributed by atoms with van der Waals surface area (Å²) in [5.41, 5.74) is 1.99. The maximum Gasteiger partial charge on any atom is 0.222 e. The van der Waals surface area contributed by atoms with Crippen LogP contribution >= 0.6 is 11.3 Å². The van der Waals surface area contributed by atoms with Gasteiger partial charge in [-0.25, -0.2) is 4.98 Å². The van der Waals surface area contributed by atoms with Crippen molar-refractivity contribution in [2.24, 2.45) is 0 Å². The Labute approximate surface area is 134 Å². The van der Waals surface area contributed by atoms with Crippen LogP contribution < -0.4 is 4.74 Å². The zero-order valence-corrected chi connectivity index (χ0v) is 13.6. The Kier molecular flexibility index (Phi) is 4.73. The van der Waals surface area contributed by atoms with Crippen molar-refractivity contribution in [3.8, 4) is 16.3 Å². The Hall–Kier alpha value is -1.88. The lowest BCUT2D eigenvalue weighted by Crippen LogP contribution is -2.27. The average Bonchev–Trinajstić information content (AvgIpc) is 3.24. The van der Waals surface area contributed by atoms with Crippen molar-refractivity contribution < 1.29 is 9.53 Å². The van der Waals surface area contributed by atoms with E-state index in [1.165, 1.54) is 0 Å². The quantitative estimate of drug-likeness (QED) is 0.849. The molecular weight excluding hydrogens is 296 g/mol. The number of amides is 1. The number of benzene rings is 1. The molecule has 0 bridgehead atoms. The highest BCUT2D eigenvalue weighted by Gasteiger charge is 2.18. The molecule has 5 heteroatoms. The molecular formula is C17H20N2O2S. The maximum absolute atomic E-state index is 12.1. The molecule has 1 aliphatic rings. The third kappa shape index (κ3) is 3.30. The van der Waals surface area contributed by atoms with Gasteiger partial charge < -0.3 is 9.64 Å². The van der Waals surface area contributed by atoms with Crippen LogP contribution in [-0.2, 0) is 11.2 Å². The van der Waals surface area contributed by atoms with Gasteiger partial charge >= 0.3 is 0 Å². The summed E-state index contributed by atoms with van der Waals surface area (Å²) in [6.07, 6.45) is 3.54. The molecule has 116 valence electrons. The number of carbonyl (C=O) groups is 1. The molecule has 0 saturated carbocycles. The molecule has 2 heterocycles. The molecule has 22 heavy (non-hydrogen) atoms. The molecule has 0 spiro atoms. The third-order valence-corrected chi connectivity index (χ3v) is 4.87. The summed E-state index contributed by atoms with van der Waals surface area (Å²) in [6.45, 7) is 1.84. The molecule has 2 aromatic rings. The van der Waals surface area contributed by atoms with Gasteiger partial charge in [-0.15, -0.1) is 11.3 Å². The highest BCUT2D eigenvalue weighted by molar-refractivity contribution is 7.13. The SMILES string of the molecule is COc1ccccc1-c1nc(CCC(=O)N2CCCC2)cs1. The molecule has 0 atom stereocenters. The van der Waals surface area contributed by atoms with Crippen molar-refractivity contribution in [2.45, 2.75) is 25.7 Å². The van der Waals surface area contributed by atoms with Crippen molar-refractivity contribution >= 4 is 17.2 Å². The van der Waals surface area contributed by atoms with E-state index >= 15 is 0 Å². The summed E-state index contributed by atoms with van der Waals surface area (Å²) in [7, 11) is 1.67. The summed E-state index contributed by atoms with van der Waals surface area (Å²) < 4.78 is 5.38. The minimum Gasteiger partial charge on any atom is -0.496 e. The van der Waals surface area contributed by atoms with E-state index < -0.39 is 0 Å². The number of nitrogens with zero attached hydrogens (tertiary/aromatic N) is 2. The number of hydrogen-bond acceptors (Lipinski definition) is 4. The first kappa shape index (κ1) is 15.0. The molecule has 1 amide bonds. The minimum atomic E-state index is 0.254. The first-order chi connectivity index (χ1) is 10.8. The lowest BCUT2D eigenvalue weighted by molar-refractivity contribution is -0.130. The predicted octanol–water partition coefficient (Wildman–Crippen LogP) is 3.37. The van der Waals surface area contributed by atoms with Gasteiger partial charge in [0.2, 0.25) is 5.91 Å². The van der Waals surface area contributed by atoms with Crippen LogP contribution in [0, 0.1) is 0 Å². The Morgan fingerprint density at radius 1 is 1.32 bits per heavy atom. The van der Waals surface area contributed by atoms with Crippen molar-refractivity contribution in [3.63, 3.8) is 0 Å². The molecule has 3 rings (SSSR count). The zero-order valence-electron chi connectivity index (χ0n) is 12.7. The normalized spacial score (nSPS) is 14.3. The fourth-order valence-electron chi connectivity index (χ4n) is 2.73. The van der Waals surface area contributed by atoms with E-state index in [1.54, 1.807) is 18.4 Å². The lowest BCUT2D eigenvalue weighted by atomic mass is 10.2. The Morgan fingerprint density at radius 2 is 2.09 bits per heavy atom. The van der Waals surface area contributed by atoms with Gasteiger partial charge in [-0.05, 0) is 31.4 Å². The van der Waals surface area contributed by atoms with Crippen LogP contribution in [0.3, 0.4) is 0 Å². The number of methoxy groups -OCH3 is 1. The number of ether oxygens (including phenoxy) is 1. The number of rotatable bonds is 5. The van der Waals surface area contributed by atoms with Crippen LogP contribution in [0.25, 0.3) is 10.6 Å². The Morgan fingerprint density at radius 3 is 2.86 bits per heavy atom. The van der Waals surface area contributed by atoms with Gasteiger partial charge in [0.15, 0.2) is 0 Å². The summed E-state index contributed by atoms with van der Waals surface area (Å²) in [5.74, 6) is 1.08. The molecule has 1 aliphatic heterocycles. The van der Waals surface area contributed by atoms with E-state index in [1.807, 2.05) is 34.5 Å².